The number of rotatable bonds is 4. The monoisotopic (exact) mass is 365 g/mol. The average molecular weight is 366 g/mol. The molecule has 1 aromatic carbocycles. The first-order valence-corrected chi connectivity index (χ1v) is 8.32. The van der Waals surface area contributed by atoms with Crippen molar-refractivity contribution in [1.29, 1.82) is 0 Å². The standard InChI is InChI=1S/C16H12ClNO5S/c17-9-3-4-10(15(20)23-12-5-6-22-16(12)21)11(8-9)18-14(19)13-2-1-7-24-13/h1-4,7-8,12H,5-6H2,(H,18,19)/t12-/m0/s1. The van der Waals surface area contributed by atoms with Crippen LogP contribution in [0, 0.1) is 0 Å². The zero-order chi connectivity index (χ0) is 17.1. The zero-order valence-corrected chi connectivity index (χ0v) is 13.9. The molecule has 0 aliphatic carbocycles. The lowest BCUT2D eigenvalue weighted by molar-refractivity contribution is -0.145. The molecule has 8 heteroatoms. The van der Waals surface area contributed by atoms with Gasteiger partial charge in [-0.05, 0) is 29.6 Å². The van der Waals surface area contributed by atoms with Gasteiger partial charge in [0.05, 0.1) is 22.7 Å². The van der Waals surface area contributed by atoms with Crippen molar-refractivity contribution >= 4 is 46.5 Å². The van der Waals surface area contributed by atoms with Crippen molar-refractivity contribution in [3.05, 3.63) is 51.2 Å². The minimum Gasteiger partial charge on any atom is -0.463 e. The maximum absolute atomic E-state index is 12.3. The average Bonchev–Trinajstić information content (AvgIpc) is 3.20. The summed E-state index contributed by atoms with van der Waals surface area (Å²) in [6.07, 6.45) is -0.608. The third-order valence-corrected chi connectivity index (χ3v) is 4.43. The fraction of sp³-hybridized carbons (Fsp3) is 0.188. The van der Waals surface area contributed by atoms with Gasteiger partial charge in [0.1, 0.15) is 0 Å². The molecule has 0 unspecified atom stereocenters. The fourth-order valence-electron chi connectivity index (χ4n) is 2.17. The largest absolute Gasteiger partial charge is 0.463 e. The van der Waals surface area contributed by atoms with Crippen LogP contribution in [-0.4, -0.2) is 30.6 Å². The Bertz CT molecular complexity index is 790. The second kappa shape index (κ2) is 7.02. The van der Waals surface area contributed by atoms with Gasteiger partial charge in [-0.2, -0.15) is 0 Å². The molecule has 0 radical (unpaired) electrons. The predicted molar refractivity (Wildman–Crippen MR) is 88.5 cm³/mol. The van der Waals surface area contributed by atoms with Crippen molar-refractivity contribution in [2.45, 2.75) is 12.5 Å². The van der Waals surface area contributed by atoms with Crippen LogP contribution in [0.25, 0.3) is 0 Å². The molecule has 0 bridgehead atoms. The number of amides is 1. The number of carbonyl (C=O) groups excluding carboxylic acids is 3. The topological polar surface area (TPSA) is 81.7 Å². The molecule has 0 spiro atoms. The summed E-state index contributed by atoms with van der Waals surface area (Å²) in [6, 6.07) is 7.81. The van der Waals surface area contributed by atoms with Gasteiger partial charge < -0.3 is 14.8 Å². The molecule has 1 aliphatic heterocycles. The van der Waals surface area contributed by atoms with Crippen LogP contribution >= 0.6 is 22.9 Å². The van der Waals surface area contributed by atoms with Gasteiger partial charge in [-0.25, -0.2) is 9.59 Å². The summed E-state index contributed by atoms with van der Waals surface area (Å²) in [5, 5.41) is 4.77. The van der Waals surface area contributed by atoms with Gasteiger partial charge in [-0.3, -0.25) is 4.79 Å². The molecule has 2 heterocycles. The number of halogens is 1. The number of esters is 2. The van der Waals surface area contributed by atoms with Crippen LogP contribution in [-0.2, 0) is 14.3 Å². The minimum atomic E-state index is -0.922. The van der Waals surface area contributed by atoms with Crippen LogP contribution in [0.15, 0.2) is 35.7 Å². The van der Waals surface area contributed by atoms with Crippen LogP contribution in [0.2, 0.25) is 5.02 Å². The molecule has 1 saturated heterocycles. The molecule has 1 amide bonds. The van der Waals surface area contributed by atoms with Crippen LogP contribution in [0.5, 0.6) is 0 Å². The normalized spacial score (nSPS) is 16.5. The van der Waals surface area contributed by atoms with Crippen molar-refractivity contribution in [2.24, 2.45) is 0 Å². The van der Waals surface area contributed by atoms with Gasteiger partial charge in [0, 0.05) is 11.4 Å². The van der Waals surface area contributed by atoms with Crippen molar-refractivity contribution in [2.75, 3.05) is 11.9 Å². The second-order valence-electron chi connectivity index (χ2n) is 4.97. The Labute approximate surface area is 146 Å². The summed E-state index contributed by atoms with van der Waals surface area (Å²) < 4.78 is 9.92. The molecular weight excluding hydrogens is 354 g/mol. The molecule has 1 aliphatic rings. The number of carbonyl (C=O) groups is 3. The van der Waals surface area contributed by atoms with Crippen LogP contribution in [0.1, 0.15) is 26.5 Å². The number of benzene rings is 1. The van der Waals surface area contributed by atoms with Gasteiger partial charge in [-0.15, -0.1) is 11.3 Å². The Kier molecular flexibility index (Phi) is 4.82. The first-order chi connectivity index (χ1) is 11.5. The van der Waals surface area contributed by atoms with E-state index in [-0.39, 0.29) is 23.8 Å². The van der Waals surface area contributed by atoms with E-state index in [2.05, 4.69) is 5.32 Å². The molecule has 24 heavy (non-hydrogen) atoms. The van der Waals surface area contributed by atoms with E-state index in [1.807, 2.05) is 0 Å². The van der Waals surface area contributed by atoms with Gasteiger partial charge in [0.25, 0.3) is 5.91 Å². The van der Waals surface area contributed by atoms with Gasteiger partial charge in [0.2, 0.25) is 6.10 Å². The highest BCUT2D eigenvalue weighted by Gasteiger charge is 2.31. The summed E-state index contributed by atoms with van der Waals surface area (Å²) in [7, 11) is 0. The van der Waals surface area contributed by atoms with Gasteiger partial charge in [0.15, 0.2) is 0 Å². The van der Waals surface area contributed by atoms with E-state index in [0.29, 0.717) is 16.3 Å². The van der Waals surface area contributed by atoms with E-state index in [0.717, 1.165) is 0 Å². The van der Waals surface area contributed by atoms with Crippen molar-refractivity contribution in [3.63, 3.8) is 0 Å². The van der Waals surface area contributed by atoms with Crippen molar-refractivity contribution in [1.82, 2.24) is 0 Å². The Morgan fingerprint density at radius 1 is 1.33 bits per heavy atom. The van der Waals surface area contributed by atoms with Crippen molar-refractivity contribution in [3.8, 4) is 0 Å². The number of hydrogen-bond donors (Lipinski definition) is 1. The lowest BCUT2D eigenvalue weighted by Crippen LogP contribution is -2.23. The van der Waals surface area contributed by atoms with E-state index < -0.39 is 18.0 Å². The lowest BCUT2D eigenvalue weighted by Gasteiger charge is -2.13. The fourth-order valence-corrected chi connectivity index (χ4v) is 2.96. The van der Waals surface area contributed by atoms with Crippen LogP contribution < -0.4 is 5.32 Å². The third kappa shape index (κ3) is 3.58. The smallest absolute Gasteiger partial charge is 0.347 e. The number of hydrogen-bond acceptors (Lipinski definition) is 6. The Hall–Kier alpha value is -2.38. The van der Waals surface area contributed by atoms with E-state index in [9.17, 15) is 14.4 Å². The number of thiophene rings is 1. The van der Waals surface area contributed by atoms with E-state index in [4.69, 9.17) is 21.1 Å². The minimum absolute atomic E-state index is 0.115. The van der Waals surface area contributed by atoms with Gasteiger partial charge >= 0.3 is 11.9 Å². The number of anilines is 1. The lowest BCUT2D eigenvalue weighted by atomic mass is 10.1. The Balaban J connectivity index is 1.81. The molecule has 3 rings (SSSR count). The molecule has 0 saturated carbocycles. The molecule has 1 fully saturated rings. The first-order valence-electron chi connectivity index (χ1n) is 7.06. The summed E-state index contributed by atoms with van der Waals surface area (Å²) in [6.45, 7) is 0.222. The Morgan fingerprint density at radius 3 is 2.83 bits per heavy atom. The molecule has 2 aromatic rings. The van der Waals surface area contributed by atoms with E-state index >= 15 is 0 Å². The number of nitrogens with one attached hydrogen (secondary N) is 1. The summed E-state index contributed by atoms with van der Waals surface area (Å²) >= 11 is 7.22. The molecule has 1 atom stereocenters. The maximum Gasteiger partial charge on any atom is 0.347 e. The summed E-state index contributed by atoms with van der Waals surface area (Å²) in [4.78, 5) is 36.4. The van der Waals surface area contributed by atoms with Crippen LogP contribution in [0.4, 0.5) is 5.69 Å². The molecule has 1 aromatic heterocycles. The third-order valence-electron chi connectivity index (χ3n) is 3.33. The SMILES string of the molecule is O=C(Nc1cc(Cl)ccc1C(=O)O[C@H]1CCOC1=O)c1cccs1. The first kappa shape index (κ1) is 16.5. The number of ether oxygens (including phenoxy) is 2. The molecule has 1 N–H and O–H groups in total. The van der Waals surface area contributed by atoms with E-state index in [1.165, 1.54) is 29.5 Å². The molecule has 124 valence electrons. The summed E-state index contributed by atoms with van der Waals surface area (Å²) in [5.41, 5.74) is 0.335. The number of cyclic esters (lactones) is 1. The van der Waals surface area contributed by atoms with Crippen molar-refractivity contribution < 1.29 is 23.9 Å². The molecule has 6 nitrogen and oxygen atoms in total. The highest BCUT2D eigenvalue weighted by Crippen LogP contribution is 2.24. The van der Waals surface area contributed by atoms with Gasteiger partial charge in [-0.1, -0.05) is 17.7 Å². The second-order valence-corrected chi connectivity index (χ2v) is 6.36. The zero-order valence-electron chi connectivity index (χ0n) is 12.3. The highest BCUT2D eigenvalue weighted by atomic mass is 35.5. The maximum atomic E-state index is 12.3. The quantitative estimate of drug-likeness (QED) is 0.842. The van der Waals surface area contributed by atoms with E-state index in [1.54, 1.807) is 17.5 Å². The summed E-state index contributed by atoms with van der Waals surface area (Å²) in [5.74, 6) is -1.65. The van der Waals surface area contributed by atoms with Crippen LogP contribution in [0.3, 0.4) is 0 Å². The highest BCUT2D eigenvalue weighted by molar-refractivity contribution is 7.12. The molecular formula is C16H12ClNO5S. The predicted octanol–water partition coefficient (Wildman–Crippen LogP) is 3.13. The Morgan fingerprint density at radius 2 is 2.17 bits per heavy atom.